The first-order chi connectivity index (χ1) is 15.4. The summed E-state index contributed by atoms with van der Waals surface area (Å²) in [7, 11) is -2.06. The zero-order valence-corrected chi connectivity index (χ0v) is 18.8. The van der Waals surface area contributed by atoms with Gasteiger partial charge in [0, 0.05) is 31.7 Å². The van der Waals surface area contributed by atoms with Crippen LogP contribution in [-0.2, 0) is 19.6 Å². The standard InChI is InChI=1S/C23H27N3O5S/c1-31-21-11-4-3-10-20(21)26-16-17(14-22(26)27)23(28)24-18-8-7-9-19(15-18)32(29,30)25-12-5-2-6-13-25/h3-4,7-11,15,17H,2,5-6,12-14,16H2,1H3,(H,24,28). The molecule has 32 heavy (non-hydrogen) atoms. The van der Waals surface area contributed by atoms with Crippen molar-refractivity contribution in [3.63, 3.8) is 0 Å². The summed E-state index contributed by atoms with van der Waals surface area (Å²) in [4.78, 5) is 27.2. The van der Waals surface area contributed by atoms with Gasteiger partial charge in [-0.2, -0.15) is 4.31 Å². The zero-order valence-electron chi connectivity index (χ0n) is 18.0. The van der Waals surface area contributed by atoms with Crippen molar-refractivity contribution in [1.82, 2.24) is 4.31 Å². The number of carbonyl (C=O) groups is 2. The third kappa shape index (κ3) is 4.49. The molecule has 0 aliphatic carbocycles. The molecule has 2 aromatic rings. The number of ether oxygens (including phenoxy) is 1. The van der Waals surface area contributed by atoms with Gasteiger partial charge in [0.2, 0.25) is 21.8 Å². The molecule has 2 aromatic carbocycles. The maximum Gasteiger partial charge on any atom is 0.243 e. The maximum atomic E-state index is 12.9. The van der Waals surface area contributed by atoms with Crippen LogP contribution in [0.5, 0.6) is 5.75 Å². The Balaban J connectivity index is 1.47. The molecule has 8 nitrogen and oxygen atoms in total. The van der Waals surface area contributed by atoms with Gasteiger partial charge >= 0.3 is 0 Å². The maximum absolute atomic E-state index is 12.9. The highest BCUT2D eigenvalue weighted by molar-refractivity contribution is 7.89. The van der Waals surface area contributed by atoms with Crippen LogP contribution in [0.2, 0.25) is 0 Å². The number of nitrogens with one attached hydrogen (secondary N) is 1. The van der Waals surface area contributed by atoms with E-state index in [9.17, 15) is 18.0 Å². The quantitative estimate of drug-likeness (QED) is 0.720. The molecule has 170 valence electrons. The third-order valence-corrected chi connectivity index (χ3v) is 7.82. The van der Waals surface area contributed by atoms with Crippen LogP contribution in [0.25, 0.3) is 0 Å². The van der Waals surface area contributed by atoms with Crippen molar-refractivity contribution < 1.29 is 22.7 Å². The molecule has 0 bridgehead atoms. The van der Waals surface area contributed by atoms with E-state index in [1.54, 1.807) is 35.2 Å². The molecule has 2 fully saturated rings. The number of hydrogen-bond donors (Lipinski definition) is 1. The molecule has 1 unspecified atom stereocenters. The van der Waals surface area contributed by atoms with E-state index in [1.165, 1.54) is 17.5 Å². The van der Waals surface area contributed by atoms with Crippen molar-refractivity contribution in [1.29, 1.82) is 0 Å². The number of amides is 2. The minimum absolute atomic E-state index is 0.0790. The Hall–Kier alpha value is -2.91. The largest absolute Gasteiger partial charge is 0.495 e. The molecule has 2 aliphatic rings. The second-order valence-corrected chi connectivity index (χ2v) is 10.00. The van der Waals surface area contributed by atoms with Crippen molar-refractivity contribution in [2.75, 3.05) is 37.0 Å². The molecule has 0 aromatic heterocycles. The van der Waals surface area contributed by atoms with Gasteiger partial charge in [-0.1, -0.05) is 24.6 Å². The second kappa shape index (κ2) is 9.30. The molecule has 4 rings (SSSR count). The van der Waals surface area contributed by atoms with Gasteiger partial charge in [-0.25, -0.2) is 8.42 Å². The first kappa shape index (κ1) is 22.3. The number of sulfonamides is 1. The number of para-hydroxylation sites is 2. The highest BCUT2D eigenvalue weighted by atomic mass is 32.2. The molecule has 2 heterocycles. The normalized spacial score (nSPS) is 19.7. The van der Waals surface area contributed by atoms with Crippen molar-refractivity contribution >= 4 is 33.2 Å². The Labute approximate surface area is 188 Å². The number of benzene rings is 2. The average Bonchev–Trinajstić information content (AvgIpc) is 3.21. The molecule has 0 spiro atoms. The second-order valence-electron chi connectivity index (χ2n) is 8.06. The van der Waals surface area contributed by atoms with Gasteiger partial charge in [0.05, 0.1) is 23.6 Å². The lowest BCUT2D eigenvalue weighted by Gasteiger charge is -2.26. The molecule has 1 N–H and O–H groups in total. The molecule has 0 radical (unpaired) electrons. The number of anilines is 2. The number of nitrogens with zero attached hydrogens (tertiary/aromatic N) is 2. The van der Waals surface area contributed by atoms with Gasteiger partial charge in [-0.3, -0.25) is 9.59 Å². The minimum atomic E-state index is -3.59. The van der Waals surface area contributed by atoms with Crippen LogP contribution in [0.15, 0.2) is 53.4 Å². The minimum Gasteiger partial charge on any atom is -0.495 e. The molecule has 2 saturated heterocycles. The summed E-state index contributed by atoms with van der Waals surface area (Å²) in [6, 6.07) is 13.5. The first-order valence-electron chi connectivity index (χ1n) is 10.7. The van der Waals surface area contributed by atoms with Crippen LogP contribution in [0.3, 0.4) is 0 Å². The molecular formula is C23H27N3O5S. The Morgan fingerprint density at radius 2 is 1.81 bits per heavy atom. The van der Waals surface area contributed by atoms with Crippen molar-refractivity contribution in [2.45, 2.75) is 30.6 Å². The third-order valence-electron chi connectivity index (χ3n) is 5.93. The van der Waals surface area contributed by atoms with E-state index < -0.39 is 15.9 Å². The lowest BCUT2D eigenvalue weighted by Crippen LogP contribution is -2.35. The summed E-state index contributed by atoms with van der Waals surface area (Å²) in [5, 5.41) is 2.79. The van der Waals surface area contributed by atoms with Gasteiger partial charge in [0.1, 0.15) is 5.75 Å². The van der Waals surface area contributed by atoms with Crippen LogP contribution >= 0.6 is 0 Å². The number of carbonyl (C=O) groups excluding carboxylic acids is 2. The van der Waals surface area contributed by atoms with Crippen molar-refractivity contribution in [3.8, 4) is 5.75 Å². The SMILES string of the molecule is COc1ccccc1N1CC(C(=O)Nc2cccc(S(=O)(=O)N3CCCCC3)c2)CC1=O. The van der Waals surface area contributed by atoms with Gasteiger partial charge in [-0.15, -0.1) is 0 Å². The Bertz CT molecular complexity index is 1110. The average molecular weight is 458 g/mol. The Kier molecular flexibility index (Phi) is 6.48. The Morgan fingerprint density at radius 3 is 2.56 bits per heavy atom. The van der Waals surface area contributed by atoms with Gasteiger partial charge in [-0.05, 0) is 43.2 Å². The van der Waals surface area contributed by atoms with Gasteiger partial charge in [0.15, 0.2) is 0 Å². The van der Waals surface area contributed by atoms with Crippen LogP contribution < -0.4 is 15.0 Å². The Morgan fingerprint density at radius 1 is 1.06 bits per heavy atom. The lowest BCUT2D eigenvalue weighted by molar-refractivity contribution is -0.122. The summed E-state index contributed by atoms with van der Waals surface area (Å²) >= 11 is 0. The molecule has 1 atom stereocenters. The van der Waals surface area contributed by atoms with Crippen molar-refractivity contribution in [3.05, 3.63) is 48.5 Å². The van der Waals surface area contributed by atoms with E-state index in [2.05, 4.69) is 5.32 Å². The number of rotatable bonds is 6. The van der Waals surface area contributed by atoms with Crippen LogP contribution in [-0.4, -0.2) is 51.3 Å². The zero-order chi connectivity index (χ0) is 22.7. The van der Waals surface area contributed by atoms with Crippen LogP contribution in [0, 0.1) is 5.92 Å². The monoisotopic (exact) mass is 457 g/mol. The number of hydrogen-bond acceptors (Lipinski definition) is 5. The van der Waals surface area contributed by atoms with E-state index >= 15 is 0 Å². The van der Waals surface area contributed by atoms with Gasteiger partial charge in [0.25, 0.3) is 0 Å². The fourth-order valence-electron chi connectivity index (χ4n) is 4.20. The summed E-state index contributed by atoms with van der Waals surface area (Å²) < 4.78 is 32.7. The molecule has 0 saturated carbocycles. The summed E-state index contributed by atoms with van der Waals surface area (Å²) in [6.45, 7) is 1.26. The highest BCUT2D eigenvalue weighted by Crippen LogP contribution is 2.33. The molecular weight excluding hydrogens is 430 g/mol. The smallest absolute Gasteiger partial charge is 0.243 e. The molecule has 2 aliphatic heterocycles. The van der Waals surface area contributed by atoms with E-state index in [0.29, 0.717) is 30.2 Å². The summed E-state index contributed by atoms with van der Waals surface area (Å²) in [5.41, 5.74) is 1.03. The lowest BCUT2D eigenvalue weighted by atomic mass is 10.1. The predicted molar refractivity (Wildman–Crippen MR) is 121 cm³/mol. The number of piperidine rings is 1. The van der Waals surface area contributed by atoms with E-state index in [0.717, 1.165) is 19.3 Å². The first-order valence-corrected chi connectivity index (χ1v) is 12.2. The van der Waals surface area contributed by atoms with Crippen LogP contribution in [0.4, 0.5) is 11.4 Å². The van der Waals surface area contributed by atoms with Crippen molar-refractivity contribution in [2.24, 2.45) is 5.92 Å². The number of methoxy groups -OCH3 is 1. The molecule has 9 heteroatoms. The fraction of sp³-hybridized carbons (Fsp3) is 0.391. The van der Waals surface area contributed by atoms with Gasteiger partial charge < -0.3 is 15.0 Å². The summed E-state index contributed by atoms with van der Waals surface area (Å²) in [6.07, 6.45) is 2.83. The molecule has 2 amide bonds. The topological polar surface area (TPSA) is 96.0 Å². The van der Waals surface area contributed by atoms with Crippen LogP contribution in [0.1, 0.15) is 25.7 Å². The highest BCUT2D eigenvalue weighted by Gasteiger charge is 2.36. The van der Waals surface area contributed by atoms with E-state index in [-0.39, 0.29) is 29.7 Å². The predicted octanol–water partition coefficient (Wildman–Crippen LogP) is 2.86. The van der Waals surface area contributed by atoms with E-state index in [4.69, 9.17) is 4.74 Å². The summed E-state index contributed by atoms with van der Waals surface area (Å²) in [5.74, 6) is -0.452. The fourth-order valence-corrected chi connectivity index (χ4v) is 5.77. The van der Waals surface area contributed by atoms with E-state index in [1.807, 2.05) is 12.1 Å².